The van der Waals surface area contributed by atoms with Gasteiger partial charge in [-0.2, -0.15) is 13.2 Å². The van der Waals surface area contributed by atoms with Crippen LogP contribution in [-0.2, 0) is 17.3 Å². The summed E-state index contributed by atoms with van der Waals surface area (Å²) in [6.07, 6.45) is -3.62. The molecule has 22 heavy (non-hydrogen) atoms. The van der Waals surface area contributed by atoms with E-state index in [2.05, 4.69) is 4.98 Å². The molecule has 1 atom stereocenters. The molecule has 1 aliphatic heterocycles. The van der Waals surface area contributed by atoms with E-state index in [0.717, 1.165) is 6.07 Å². The summed E-state index contributed by atoms with van der Waals surface area (Å²) < 4.78 is 43.5. The lowest BCUT2D eigenvalue weighted by molar-refractivity contribution is -0.141. The van der Waals surface area contributed by atoms with Gasteiger partial charge in [0.1, 0.15) is 5.69 Å². The van der Waals surface area contributed by atoms with Gasteiger partial charge in [-0.3, -0.25) is 4.90 Å². The largest absolute Gasteiger partial charge is 0.446 e. The van der Waals surface area contributed by atoms with Gasteiger partial charge in [0.2, 0.25) is 0 Å². The van der Waals surface area contributed by atoms with Gasteiger partial charge in [-0.1, -0.05) is 6.92 Å². The number of aryl methyl sites for hydroxylation is 1. The lowest BCUT2D eigenvalue weighted by Gasteiger charge is -2.36. The van der Waals surface area contributed by atoms with E-state index < -0.39 is 18.0 Å². The first-order valence-electron chi connectivity index (χ1n) is 7.31. The van der Waals surface area contributed by atoms with Crippen LogP contribution in [-0.4, -0.2) is 23.2 Å². The average molecular weight is 316 g/mol. The molecule has 1 aromatic rings. The van der Waals surface area contributed by atoms with E-state index in [1.807, 2.05) is 6.92 Å². The summed E-state index contributed by atoms with van der Waals surface area (Å²) in [6.45, 7) is 5.40. The third-order valence-electron chi connectivity index (χ3n) is 3.58. The van der Waals surface area contributed by atoms with Gasteiger partial charge in [0.05, 0.1) is 17.5 Å². The van der Waals surface area contributed by atoms with E-state index in [1.54, 1.807) is 13.8 Å². The monoisotopic (exact) mass is 316 g/mol. The van der Waals surface area contributed by atoms with Crippen LogP contribution in [0.15, 0.2) is 12.1 Å². The van der Waals surface area contributed by atoms with E-state index in [0.29, 0.717) is 30.6 Å². The number of halogens is 3. The number of fused-ring (bicyclic) bond motifs is 1. The number of anilines is 1. The van der Waals surface area contributed by atoms with Crippen LogP contribution in [0.2, 0.25) is 0 Å². The smallest absolute Gasteiger partial charge is 0.433 e. The fourth-order valence-electron chi connectivity index (χ4n) is 2.58. The summed E-state index contributed by atoms with van der Waals surface area (Å²) in [5, 5.41) is 0. The van der Waals surface area contributed by atoms with Crippen molar-refractivity contribution in [2.75, 3.05) is 4.90 Å². The van der Waals surface area contributed by atoms with Gasteiger partial charge in [0, 0.05) is 6.04 Å². The zero-order valence-electron chi connectivity index (χ0n) is 12.8. The Morgan fingerprint density at radius 1 is 1.45 bits per heavy atom. The maximum atomic E-state index is 12.8. The van der Waals surface area contributed by atoms with Gasteiger partial charge in [-0.25, -0.2) is 9.78 Å². The zero-order chi connectivity index (χ0) is 16.5. The molecule has 0 fully saturated rings. The van der Waals surface area contributed by atoms with Crippen molar-refractivity contribution in [1.82, 2.24) is 4.98 Å². The van der Waals surface area contributed by atoms with Crippen LogP contribution in [0.1, 0.15) is 45.0 Å². The Kier molecular flexibility index (Phi) is 4.63. The lowest BCUT2D eigenvalue weighted by atomic mass is 9.98. The van der Waals surface area contributed by atoms with Crippen LogP contribution in [0.5, 0.6) is 0 Å². The summed E-state index contributed by atoms with van der Waals surface area (Å²) in [5.74, 6) is 0. The summed E-state index contributed by atoms with van der Waals surface area (Å²) in [6, 6.07) is 2.14. The Labute approximate surface area is 127 Å². The molecule has 2 heterocycles. The molecule has 1 aliphatic rings. The van der Waals surface area contributed by atoms with Crippen molar-refractivity contribution in [1.29, 1.82) is 0 Å². The van der Waals surface area contributed by atoms with Crippen molar-refractivity contribution in [2.45, 2.75) is 58.4 Å². The summed E-state index contributed by atoms with van der Waals surface area (Å²) in [5.41, 5.74) is -0.227. The van der Waals surface area contributed by atoms with Gasteiger partial charge >= 0.3 is 12.3 Å². The van der Waals surface area contributed by atoms with Crippen LogP contribution in [0.4, 0.5) is 23.7 Å². The molecule has 0 radical (unpaired) electrons. The number of pyridine rings is 1. The minimum atomic E-state index is -4.49. The number of amides is 1. The fraction of sp³-hybridized carbons (Fsp3) is 0.600. The standard InChI is InChI=1S/C15H19F3N2O2/c1-4-10-5-6-11-12(20(10)14(21)22-9(2)3)7-8-13(19-11)15(16,17)18/h7-10H,4-6H2,1-3H3. The van der Waals surface area contributed by atoms with Crippen LogP contribution in [0, 0.1) is 0 Å². The minimum Gasteiger partial charge on any atom is -0.446 e. The number of hydrogen-bond acceptors (Lipinski definition) is 3. The Morgan fingerprint density at radius 2 is 2.14 bits per heavy atom. The van der Waals surface area contributed by atoms with Crippen molar-refractivity contribution in [3.63, 3.8) is 0 Å². The predicted molar refractivity (Wildman–Crippen MR) is 75.7 cm³/mol. The van der Waals surface area contributed by atoms with Gasteiger partial charge in [0.25, 0.3) is 0 Å². The third-order valence-corrected chi connectivity index (χ3v) is 3.58. The SMILES string of the molecule is CCC1CCc2nc(C(F)(F)F)ccc2N1C(=O)OC(C)C. The van der Waals surface area contributed by atoms with E-state index in [9.17, 15) is 18.0 Å². The van der Waals surface area contributed by atoms with Crippen LogP contribution in [0.25, 0.3) is 0 Å². The number of carbonyl (C=O) groups excluding carboxylic acids is 1. The summed E-state index contributed by atoms with van der Waals surface area (Å²) in [4.78, 5) is 17.4. The van der Waals surface area contributed by atoms with E-state index >= 15 is 0 Å². The van der Waals surface area contributed by atoms with Crippen molar-refractivity contribution in [2.24, 2.45) is 0 Å². The predicted octanol–water partition coefficient (Wildman–Crippen LogP) is 4.18. The molecular formula is C15H19F3N2O2. The molecule has 2 rings (SSSR count). The topological polar surface area (TPSA) is 42.4 Å². The van der Waals surface area contributed by atoms with Gasteiger partial charge in [-0.05, 0) is 45.2 Å². The second-order valence-electron chi connectivity index (χ2n) is 5.56. The van der Waals surface area contributed by atoms with Crippen molar-refractivity contribution >= 4 is 11.8 Å². The van der Waals surface area contributed by atoms with Gasteiger partial charge in [0.15, 0.2) is 0 Å². The van der Waals surface area contributed by atoms with Gasteiger partial charge in [-0.15, -0.1) is 0 Å². The first kappa shape index (κ1) is 16.6. The average Bonchev–Trinajstić information content (AvgIpc) is 2.43. The van der Waals surface area contributed by atoms with Gasteiger partial charge < -0.3 is 4.74 Å². The quantitative estimate of drug-likeness (QED) is 0.822. The normalized spacial score (nSPS) is 18.3. The molecule has 1 unspecified atom stereocenters. The highest BCUT2D eigenvalue weighted by Gasteiger charge is 2.37. The molecule has 0 N–H and O–H groups in total. The Bertz CT molecular complexity index is 558. The van der Waals surface area contributed by atoms with Crippen molar-refractivity contribution in [3.8, 4) is 0 Å². The highest BCUT2D eigenvalue weighted by atomic mass is 19.4. The molecule has 0 aliphatic carbocycles. The Morgan fingerprint density at radius 3 is 2.68 bits per heavy atom. The number of rotatable bonds is 2. The highest BCUT2D eigenvalue weighted by Crippen LogP contribution is 2.35. The minimum absolute atomic E-state index is 0.0858. The molecule has 122 valence electrons. The molecule has 4 nitrogen and oxygen atoms in total. The Hall–Kier alpha value is -1.79. The van der Waals surface area contributed by atoms with Crippen LogP contribution < -0.4 is 4.90 Å². The second-order valence-corrected chi connectivity index (χ2v) is 5.56. The maximum absolute atomic E-state index is 12.8. The number of nitrogens with zero attached hydrogens (tertiary/aromatic N) is 2. The number of alkyl halides is 3. The Balaban J connectivity index is 2.40. The molecule has 0 aromatic carbocycles. The van der Waals surface area contributed by atoms with Crippen LogP contribution in [0.3, 0.4) is 0 Å². The fourth-order valence-corrected chi connectivity index (χ4v) is 2.58. The first-order chi connectivity index (χ1) is 10.2. The third kappa shape index (κ3) is 3.34. The molecule has 0 saturated heterocycles. The first-order valence-corrected chi connectivity index (χ1v) is 7.31. The molecule has 1 amide bonds. The molecule has 0 bridgehead atoms. The van der Waals surface area contributed by atoms with Crippen LogP contribution >= 0.6 is 0 Å². The maximum Gasteiger partial charge on any atom is 0.433 e. The van der Waals surface area contributed by atoms with Crippen molar-refractivity contribution in [3.05, 3.63) is 23.5 Å². The zero-order valence-corrected chi connectivity index (χ0v) is 12.8. The van der Waals surface area contributed by atoms with Crippen molar-refractivity contribution < 1.29 is 22.7 Å². The van der Waals surface area contributed by atoms with E-state index in [1.165, 1.54) is 11.0 Å². The number of ether oxygens (including phenoxy) is 1. The number of aromatic nitrogens is 1. The molecule has 1 aromatic heterocycles. The van der Waals surface area contributed by atoms with E-state index in [-0.39, 0.29) is 12.1 Å². The summed E-state index contributed by atoms with van der Waals surface area (Å²) in [7, 11) is 0. The van der Waals surface area contributed by atoms with E-state index in [4.69, 9.17) is 4.74 Å². The molecule has 7 heteroatoms. The molecular weight excluding hydrogens is 297 g/mol. The number of carbonyl (C=O) groups is 1. The summed E-state index contributed by atoms with van der Waals surface area (Å²) >= 11 is 0. The highest BCUT2D eigenvalue weighted by molar-refractivity contribution is 5.89. The second kappa shape index (κ2) is 6.14. The molecule has 0 spiro atoms. The molecule has 0 saturated carbocycles. The lowest BCUT2D eigenvalue weighted by Crippen LogP contribution is -2.45. The number of hydrogen-bond donors (Lipinski definition) is 0.